The normalized spacial score (nSPS) is 20.4. The van der Waals surface area contributed by atoms with Gasteiger partial charge < -0.3 is 26.2 Å². The Kier molecular flexibility index (Phi) is 5.32. The highest BCUT2D eigenvalue weighted by Crippen LogP contribution is 2.05. The zero-order valence-electron chi connectivity index (χ0n) is 7.74. The Bertz CT molecular complexity index is 218. The van der Waals surface area contributed by atoms with Crippen LogP contribution in [0.4, 0.5) is 0 Å². The average molecular weight is 205 g/mol. The number of carboxylic acids is 1. The summed E-state index contributed by atoms with van der Waals surface area (Å²) >= 11 is 0. The molecule has 4 unspecified atom stereocenters. The minimum absolute atomic E-state index is 1.22. The van der Waals surface area contributed by atoms with E-state index >= 15 is 0 Å². The summed E-state index contributed by atoms with van der Waals surface area (Å²) in [6, 6.07) is -1.62. The first-order valence-electron chi connectivity index (χ1n) is 4.07. The maximum Gasteiger partial charge on any atom is 0.323 e. The van der Waals surface area contributed by atoms with E-state index in [-0.39, 0.29) is 0 Å². The van der Waals surface area contributed by atoms with Crippen LogP contribution in [0, 0.1) is 0 Å². The van der Waals surface area contributed by atoms with Crippen LogP contribution in [0.1, 0.15) is 6.92 Å². The molecule has 0 rings (SSSR count). The van der Waals surface area contributed by atoms with Crippen LogP contribution in [0.25, 0.3) is 0 Å². The molecule has 0 saturated heterocycles. The molecular weight excluding hydrogens is 190 g/mol. The summed E-state index contributed by atoms with van der Waals surface area (Å²) in [6.45, 7) is 1.61. The molecular formula is C8H15NO5. The first kappa shape index (κ1) is 13.1. The number of carboxylic acid groups (broad SMARTS) is 1. The van der Waals surface area contributed by atoms with Crippen molar-refractivity contribution in [3.05, 3.63) is 12.2 Å². The number of aliphatic carboxylic acids is 1. The molecule has 0 fully saturated rings. The summed E-state index contributed by atoms with van der Waals surface area (Å²) in [4.78, 5) is 10.3. The van der Waals surface area contributed by atoms with Gasteiger partial charge in [-0.3, -0.25) is 4.79 Å². The molecule has 0 bridgehead atoms. The van der Waals surface area contributed by atoms with E-state index in [4.69, 9.17) is 10.8 Å². The first-order valence-corrected chi connectivity index (χ1v) is 4.07. The first-order chi connectivity index (χ1) is 6.41. The van der Waals surface area contributed by atoms with Gasteiger partial charge in [0.05, 0.1) is 0 Å². The van der Waals surface area contributed by atoms with Crippen molar-refractivity contribution in [3.8, 4) is 0 Å². The minimum atomic E-state index is -1.71. The lowest BCUT2D eigenvalue weighted by atomic mass is 10.0. The van der Waals surface area contributed by atoms with Crippen LogP contribution in [-0.4, -0.2) is 50.7 Å². The number of hydrogen-bond donors (Lipinski definition) is 5. The largest absolute Gasteiger partial charge is 0.480 e. The second-order valence-electron chi connectivity index (χ2n) is 2.86. The predicted molar refractivity (Wildman–Crippen MR) is 48.4 cm³/mol. The van der Waals surface area contributed by atoms with Crippen LogP contribution in [0.3, 0.4) is 0 Å². The molecule has 6 N–H and O–H groups in total. The molecule has 0 saturated carbocycles. The van der Waals surface area contributed by atoms with Crippen LogP contribution in [0.15, 0.2) is 12.2 Å². The van der Waals surface area contributed by atoms with Gasteiger partial charge in [0.1, 0.15) is 24.4 Å². The number of hydrogen-bond acceptors (Lipinski definition) is 5. The molecule has 0 heterocycles. The molecule has 0 aromatic heterocycles. The van der Waals surface area contributed by atoms with Crippen molar-refractivity contribution >= 4 is 5.97 Å². The molecule has 6 nitrogen and oxygen atoms in total. The summed E-state index contributed by atoms with van der Waals surface area (Å²) in [6.07, 6.45) is -1.97. The van der Waals surface area contributed by atoms with E-state index in [2.05, 4.69) is 0 Å². The second kappa shape index (κ2) is 5.71. The monoisotopic (exact) mass is 205 g/mol. The standard InChI is InChI=1S/C8H15NO5/c1-2-3-4(10)6(11)7(12)5(9)8(13)14/h2-7,10-12H,9H2,1H3,(H,13,14)/b3-2+. The summed E-state index contributed by atoms with van der Waals surface area (Å²) in [5.41, 5.74) is 5.05. The van der Waals surface area contributed by atoms with Crippen molar-refractivity contribution < 1.29 is 25.2 Å². The molecule has 0 amide bonds. The van der Waals surface area contributed by atoms with E-state index < -0.39 is 30.3 Å². The van der Waals surface area contributed by atoms with Gasteiger partial charge in [-0.2, -0.15) is 0 Å². The molecule has 0 radical (unpaired) electrons. The highest BCUT2D eigenvalue weighted by atomic mass is 16.4. The number of carbonyl (C=O) groups is 1. The van der Waals surface area contributed by atoms with Gasteiger partial charge >= 0.3 is 5.97 Å². The molecule has 4 atom stereocenters. The van der Waals surface area contributed by atoms with E-state index in [1.807, 2.05) is 0 Å². The summed E-state index contributed by atoms with van der Waals surface area (Å²) in [5.74, 6) is -1.44. The quantitative estimate of drug-likeness (QED) is 0.332. The molecule has 14 heavy (non-hydrogen) atoms. The Labute approximate surface area is 81.3 Å². The molecule has 0 aliphatic carbocycles. The smallest absolute Gasteiger partial charge is 0.323 e. The fraction of sp³-hybridized carbons (Fsp3) is 0.625. The highest BCUT2D eigenvalue weighted by molar-refractivity contribution is 5.74. The van der Waals surface area contributed by atoms with Crippen molar-refractivity contribution in [2.45, 2.75) is 31.3 Å². The number of nitrogens with two attached hydrogens (primary N) is 1. The lowest BCUT2D eigenvalue weighted by molar-refractivity contribution is -0.145. The van der Waals surface area contributed by atoms with Gasteiger partial charge in [-0.25, -0.2) is 0 Å². The van der Waals surface area contributed by atoms with Crippen molar-refractivity contribution in [1.82, 2.24) is 0 Å². The van der Waals surface area contributed by atoms with E-state index in [9.17, 15) is 20.1 Å². The number of aliphatic hydroxyl groups is 3. The minimum Gasteiger partial charge on any atom is -0.480 e. The van der Waals surface area contributed by atoms with Crippen molar-refractivity contribution in [3.63, 3.8) is 0 Å². The van der Waals surface area contributed by atoms with E-state index in [1.165, 1.54) is 12.2 Å². The molecule has 0 aromatic carbocycles. The molecule has 0 spiro atoms. The van der Waals surface area contributed by atoms with Crippen LogP contribution in [0.2, 0.25) is 0 Å². The van der Waals surface area contributed by atoms with Gasteiger partial charge in [-0.1, -0.05) is 12.2 Å². The zero-order valence-corrected chi connectivity index (χ0v) is 7.74. The van der Waals surface area contributed by atoms with Crippen LogP contribution < -0.4 is 5.73 Å². The summed E-state index contributed by atoms with van der Waals surface area (Å²) in [5, 5.41) is 36.0. The van der Waals surface area contributed by atoms with Crippen molar-refractivity contribution in [2.75, 3.05) is 0 Å². The molecule has 0 aliphatic heterocycles. The van der Waals surface area contributed by atoms with E-state index in [0.717, 1.165) is 0 Å². The lowest BCUT2D eigenvalue weighted by Crippen LogP contribution is -2.51. The lowest BCUT2D eigenvalue weighted by Gasteiger charge is -2.23. The average Bonchev–Trinajstić information content (AvgIpc) is 2.14. The predicted octanol–water partition coefficient (Wildman–Crippen LogP) is -1.94. The number of aliphatic hydroxyl groups excluding tert-OH is 3. The van der Waals surface area contributed by atoms with Crippen LogP contribution in [-0.2, 0) is 4.79 Å². The van der Waals surface area contributed by atoms with Gasteiger partial charge in [0.25, 0.3) is 0 Å². The van der Waals surface area contributed by atoms with Gasteiger partial charge in [0.15, 0.2) is 0 Å². The van der Waals surface area contributed by atoms with Gasteiger partial charge in [0, 0.05) is 0 Å². The SMILES string of the molecule is C/C=C/C(O)C(O)C(O)C(N)C(=O)O. The third-order valence-electron chi connectivity index (χ3n) is 1.74. The zero-order chi connectivity index (χ0) is 11.3. The third kappa shape index (κ3) is 3.43. The fourth-order valence-electron chi connectivity index (χ4n) is 0.872. The van der Waals surface area contributed by atoms with Crippen LogP contribution >= 0.6 is 0 Å². The molecule has 0 aliphatic rings. The summed E-state index contributed by atoms with van der Waals surface area (Å²) < 4.78 is 0. The maximum absolute atomic E-state index is 10.3. The summed E-state index contributed by atoms with van der Waals surface area (Å²) in [7, 11) is 0. The van der Waals surface area contributed by atoms with Crippen LogP contribution in [0.5, 0.6) is 0 Å². The molecule has 6 heteroatoms. The Morgan fingerprint density at radius 2 is 1.79 bits per heavy atom. The number of allylic oxidation sites excluding steroid dienone is 1. The van der Waals surface area contributed by atoms with E-state index in [1.54, 1.807) is 6.92 Å². The molecule has 82 valence electrons. The van der Waals surface area contributed by atoms with E-state index in [0.29, 0.717) is 0 Å². The Hall–Kier alpha value is -0.950. The fourth-order valence-corrected chi connectivity index (χ4v) is 0.872. The molecule has 0 aromatic rings. The maximum atomic E-state index is 10.3. The van der Waals surface area contributed by atoms with Crippen molar-refractivity contribution in [1.29, 1.82) is 0 Å². The second-order valence-corrected chi connectivity index (χ2v) is 2.86. The van der Waals surface area contributed by atoms with Crippen molar-refractivity contribution in [2.24, 2.45) is 5.73 Å². The highest BCUT2D eigenvalue weighted by Gasteiger charge is 2.31. The topological polar surface area (TPSA) is 124 Å². The Morgan fingerprint density at radius 1 is 1.29 bits per heavy atom. The van der Waals surface area contributed by atoms with Gasteiger partial charge in [-0.15, -0.1) is 0 Å². The Morgan fingerprint density at radius 3 is 2.14 bits per heavy atom. The number of rotatable bonds is 5. The van der Waals surface area contributed by atoms with Gasteiger partial charge in [-0.05, 0) is 6.92 Å². The van der Waals surface area contributed by atoms with Gasteiger partial charge in [0.2, 0.25) is 0 Å². The third-order valence-corrected chi connectivity index (χ3v) is 1.74. The Balaban J connectivity index is 4.37.